The molecule has 2 amide bonds. The molecule has 29 heavy (non-hydrogen) atoms. The van der Waals surface area contributed by atoms with Crippen molar-refractivity contribution in [2.45, 2.75) is 63.6 Å². The van der Waals surface area contributed by atoms with Crippen molar-refractivity contribution in [2.75, 3.05) is 13.1 Å². The van der Waals surface area contributed by atoms with E-state index in [9.17, 15) is 9.59 Å². The maximum atomic E-state index is 13.3. The van der Waals surface area contributed by atoms with Crippen molar-refractivity contribution in [3.63, 3.8) is 0 Å². The molecule has 5 rings (SSSR count). The number of rotatable bonds is 5. The molecule has 4 atom stereocenters. The average Bonchev–Trinajstić information content (AvgIpc) is 3.41. The van der Waals surface area contributed by atoms with Crippen molar-refractivity contribution >= 4 is 11.8 Å². The van der Waals surface area contributed by atoms with Gasteiger partial charge in [-0.3, -0.25) is 9.59 Å². The Morgan fingerprint density at radius 2 is 1.66 bits per heavy atom. The minimum Gasteiger partial charge on any atom is -0.342 e. The smallest absolute Gasteiger partial charge is 0.227 e. The molecule has 0 spiro atoms. The summed E-state index contributed by atoms with van der Waals surface area (Å²) in [6.07, 6.45) is 7.33. The van der Waals surface area contributed by atoms with Crippen molar-refractivity contribution in [1.82, 2.24) is 9.80 Å². The molecular formula is C24H33N3O2. The number of likely N-dealkylation sites (tertiary alicyclic amines) is 1. The zero-order valence-corrected chi connectivity index (χ0v) is 17.2. The number of carbonyl (C=O) groups excluding carboxylic acids is 2. The van der Waals surface area contributed by atoms with Crippen LogP contribution < -0.4 is 5.73 Å². The number of hydrogen-bond acceptors (Lipinski definition) is 3. The fourth-order valence-electron chi connectivity index (χ4n) is 6.05. The van der Waals surface area contributed by atoms with Crippen LogP contribution in [0.3, 0.4) is 0 Å². The van der Waals surface area contributed by atoms with Crippen LogP contribution in [0.5, 0.6) is 0 Å². The van der Waals surface area contributed by atoms with Gasteiger partial charge in [0, 0.05) is 37.6 Å². The summed E-state index contributed by atoms with van der Waals surface area (Å²) in [5, 5.41) is 0. The molecule has 5 heteroatoms. The van der Waals surface area contributed by atoms with Gasteiger partial charge in [0.15, 0.2) is 0 Å². The van der Waals surface area contributed by atoms with Gasteiger partial charge < -0.3 is 15.5 Å². The number of fused-ring (bicyclic) bond motifs is 2. The summed E-state index contributed by atoms with van der Waals surface area (Å²) in [6.45, 7) is 2.13. The van der Waals surface area contributed by atoms with E-state index in [0.717, 1.165) is 32.1 Å². The Labute approximate surface area is 173 Å². The topological polar surface area (TPSA) is 66.6 Å². The maximum Gasteiger partial charge on any atom is 0.227 e. The van der Waals surface area contributed by atoms with Crippen LogP contribution in [0.4, 0.5) is 0 Å². The largest absolute Gasteiger partial charge is 0.342 e. The lowest BCUT2D eigenvalue weighted by Crippen LogP contribution is -2.50. The highest BCUT2D eigenvalue weighted by atomic mass is 16.2. The van der Waals surface area contributed by atoms with Crippen molar-refractivity contribution in [1.29, 1.82) is 0 Å². The van der Waals surface area contributed by atoms with Gasteiger partial charge in [0.25, 0.3) is 0 Å². The number of hydrogen-bond donors (Lipinski definition) is 1. The van der Waals surface area contributed by atoms with Crippen LogP contribution in [0.2, 0.25) is 0 Å². The van der Waals surface area contributed by atoms with Crippen LogP contribution in [0.25, 0.3) is 0 Å². The minimum absolute atomic E-state index is 0.0297. The van der Waals surface area contributed by atoms with Gasteiger partial charge >= 0.3 is 0 Å². The summed E-state index contributed by atoms with van der Waals surface area (Å²) in [6, 6.07) is 10.8. The van der Waals surface area contributed by atoms with E-state index in [4.69, 9.17) is 5.73 Å². The van der Waals surface area contributed by atoms with E-state index in [2.05, 4.69) is 17.0 Å². The summed E-state index contributed by atoms with van der Waals surface area (Å²) >= 11 is 0. The summed E-state index contributed by atoms with van der Waals surface area (Å²) in [4.78, 5) is 30.5. The third-order valence-corrected chi connectivity index (χ3v) is 7.89. The highest BCUT2D eigenvalue weighted by Gasteiger charge is 2.50. The summed E-state index contributed by atoms with van der Waals surface area (Å²) in [7, 11) is 0. The fourth-order valence-corrected chi connectivity index (χ4v) is 6.05. The van der Waals surface area contributed by atoms with Crippen LogP contribution in [-0.2, 0) is 16.1 Å². The van der Waals surface area contributed by atoms with E-state index in [0.29, 0.717) is 43.4 Å². The number of nitrogens with zero attached hydrogens (tertiary/aromatic N) is 2. The molecule has 1 aromatic carbocycles. The number of piperidine rings is 1. The molecule has 0 aromatic heterocycles. The predicted octanol–water partition coefficient (Wildman–Crippen LogP) is 2.79. The number of nitrogens with two attached hydrogens (primary N) is 1. The molecule has 4 fully saturated rings. The van der Waals surface area contributed by atoms with Crippen LogP contribution in [0.15, 0.2) is 30.3 Å². The van der Waals surface area contributed by atoms with E-state index in [-0.39, 0.29) is 23.8 Å². The Morgan fingerprint density at radius 3 is 2.28 bits per heavy atom. The lowest BCUT2D eigenvalue weighted by atomic mass is 9.83. The maximum absolute atomic E-state index is 13.3. The van der Waals surface area contributed by atoms with E-state index >= 15 is 0 Å². The molecule has 2 bridgehead atoms. The van der Waals surface area contributed by atoms with Gasteiger partial charge in [0.2, 0.25) is 11.8 Å². The van der Waals surface area contributed by atoms with Gasteiger partial charge in [0.05, 0.1) is 5.92 Å². The van der Waals surface area contributed by atoms with Gasteiger partial charge in [-0.15, -0.1) is 0 Å². The zero-order valence-electron chi connectivity index (χ0n) is 17.2. The third kappa shape index (κ3) is 3.70. The molecule has 4 unspecified atom stereocenters. The molecule has 1 aliphatic heterocycles. The van der Waals surface area contributed by atoms with E-state index in [1.807, 2.05) is 23.1 Å². The van der Waals surface area contributed by atoms with Gasteiger partial charge in [-0.1, -0.05) is 30.3 Å². The first-order chi connectivity index (χ1) is 14.1. The quantitative estimate of drug-likeness (QED) is 0.834. The zero-order chi connectivity index (χ0) is 20.0. The van der Waals surface area contributed by atoms with Gasteiger partial charge in [-0.05, 0) is 62.3 Å². The molecular weight excluding hydrogens is 362 g/mol. The second-order valence-electron chi connectivity index (χ2n) is 9.72. The summed E-state index contributed by atoms with van der Waals surface area (Å²) in [5.74, 6) is 1.69. The standard InChI is InChI=1S/C24H33N3O2/c25-22-19-7-6-18(14-19)21(22)24(29)26-12-10-17(11-13-26)23(28)27(20-8-9-20)15-16-4-2-1-3-5-16/h1-5,17-22H,6-15,25H2. The average molecular weight is 396 g/mol. The van der Waals surface area contributed by atoms with Crippen LogP contribution in [0.1, 0.15) is 50.5 Å². The van der Waals surface area contributed by atoms with Crippen LogP contribution in [0, 0.1) is 23.7 Å². The fraction of sp³-hybridized carbons (Fsp3) is 0.667. The minimum atomic E-state index is 0.0297. The molecule has 5 nitrogen and oxygen atoms in total. The molecule has 156 valence electrons. The lowest BCUT2D eigenvalue weighted by Gasteiger charge is -2.38. The Morgan fingerprint density at radius 1 is 0.966 bits per heavy atom. The Bertz CT molecular complexity index is 753. The van der Waals surface area contributed by atoms with Crippen molar-refractivity contribution in [2.24, 2.45) is 29.4 Å². The SMILES string of the molecule is NC1C2CCC(C2)C1C(=O)N1CCC(C(=O)N(Cc2ccccc2)C2CC2)CC1. The first-order valence-electron chi connectivity index (χ1n) is 11.5. The van der Waals surface area contributed by atoms with Crippen LogP contribution >= 0.6 is 0 Å². The normalized spacial score (nSPS) is 31.8. The molecule has 2 N–H and O–H groups in total. The Kier molecular flexibility index (Phi) is 5.10. The molecule has 3 saturated carbocycles. The van der Waals surface area contributed by atoms with Gasteiger partial charge in [-0.2, -0.15) is 0 Å². The molecule has 3 aliphatic carbocycles. The van der Waals surface area contributed by atoms with Crippen LogP contribution in [-0.4, -0.2) is 46.8 Å². The number of carbonyl (C=O) groups is 2. The number of amides is 2. The van der Waals surface area contributed by atoms with E-state index in [1.165, 1.54) is 18.4 Å². The number of benzene rings is 1. The third-order valence-electron chi connectivity index (χ3n) is 7.89. The lowest BCUT2D eigenvalue weighted by molar-refractivity contribution is -0.144. The Hall–Kier alpha value is -1.88. The van der Waals surface area contributed by atoms with E-state index < -0.39 is 0 Å². The first kappa shape index (κ1) is 19.1. The monoisotopic (exact) mass is 395 g/mol. The molecule has 1 saturated heterocycles. The molecule has 4 aliphatic rings. The predicted molar refractivity (Wildman–Crippen MR) is 112 cm³/mol. The molecule has 1 aromatic rings. The van der Waals surface area contributed by atoms with Crippen molar-refractivity contribution in [3.05, 3.63) is 35.9 Å². The van der Waals surface area contributed by atoms with Crippen molar-refractivity contribution in [3.8, 4) is 0 Å². The Balaban J connectivity index is 1.19. The van der Waals surface area contributed by atoms with Gasteiger partial charge in [0.1, 0.15) is 0 Å². The molecule has 0 radical (unpaired) electrons. The van der Waals surface area contributed by atoms with Gasteiger partial charge in [-0.25, -0.2) is 0 Å². The highest BCUT2D eigenvalue weighted by Crippen LogP contribution is 2.48. The van der Waals surface area contributed by atoms with E-state index in [1.54, 1.807) is 0 Å². The molecule has 1 heterocycles. The summed E-state index contributed by atoms with van der Waals surface area (Å²) < 4.78 is 0. The second kappa shape index (κ2) is 7.75. The summed E-state index contributed by atoms with van der Waals surface area (Å²) in [5.41, 5.74) is 7.59. The highest BCUT2D eigenvalue weighted by molar-refractivity contribution is 5.82. The van der Waals surface area contributed by atoms with Crippen molar-refractivity contribution < 1.29 is 9.59 Å². The second-order valence-corrected chi connectivity index (χ2v) is 9.72. The first-order valence-corrected chi connectivity index (χ1v) is 11.5.